The van der Waals surface area contributed by atoms with E-state index in [4.69, 9.17) is 0 Å². The summed E-state index contributed by atoms with van der Waals surface area (Å²) in [5.41, 5.74) is 23.6. The number of hydrogen-bond acceptors (Lipinski definition) is 1. The Morgan fingerprint density at radius 3 is 1.37 bits per heavy atom. The minimum Gasteiger partial charge on any atom is -0.310 e. The lowest BCUT2D eigenvalue weighted by molar-refractivity contribution is 0.660. The predicted octanol–water partition coefficient (Wildman–Crippen LogP) is 15.1. The van der Waals surface area contributed by atoms with Crippen molar-refractivity contribution in [2.45, 2.75) is 24.7 Å². The summed E-state index contributed by atoms with van der Waals surface area (Å²) in [5.74, 6) is 0. The van der Waals surface area contributed by atoms with E-state index >= 15 is 0 Å². The summed E-state index contributed by atoms with van der Waals surface area (Å²) in [6, 6.07) is 79.3. The Kier molecular flexibility index (Phi) is 7.26. The van der Waals surface area contributed by atoms with E-state index in [1.807, 2.05) is 0 Å². The van der Waals surface area contributed by atoms with Crippen LogP contribution >= 0.6 is 0 Å². The van der Waals surface area contributed by atoms with E-state index in [1.165, 1.54) is 89.0 Å². The molecule has 0 N–H and O–H groups in total. The van der Waals surface area contributed by atoms with Gasteiger partial charge in [-0.1, -0.05) is 196 Å². The first kappa shape index (κ1) is 33.9. The molecule has 0 saturated heterocycles. The number of benzene rings is 9. The first-order valence-corrected chi connectivity index (χ1v) is 20.8. The van der Waals surface area contributed by atoms with Gasteiger partial charge in [-0.25, -0.2) is 0 Å². The van der Waals surface area contributed by atoms with Gasteiger partial charge in [-0.3, -0.25) is 0 Å². The Bertz CT molecular complexity index is 3120. The van der Waals surface area contributed by atoms with Crippen LogP contribution in [-0.4, -0.2) is 0 Å². The SMILES string of the molecule is CC1(C)c2ccccc2-c2ccc(N(c3ccc4c(c3)C3(c5ccccc5-4)c4ccccc4-c4cccc(-c5ccccc5)c43)c3ccccc3-c3ccccc3)cc21. The maximum absolute atomic E-state index is 2.53. The van der Waals surface area contributed by atoms with E-state index in [1.54, 1.807) is 0 Å². The second-order valence-electron chi connectivity index (χ2n) is 16.8. The molecule has 0 radical (unpaired) electrons. The molecule has 278 valence electrons. The highest BCUT2D eigenvalue weighted by molar-refractivity contribution is 6.00. The maximum Gasteiger partial charge on any atom is 0.0732 e. The summed E-state index contributed by atoms with van der Waals surface area (Å²) >= 11 is 0. The average Bonchev–Trinajstić information content (AvgIpc) is 3.85. The van der Waals surface area contributed by atoms with Gasteiger partial charge in [0.05, 0.1) is 11.1 Å². The maximum atomic E-state index is 2.53. The molecule has 0 fully saturated rings. The second-order valence-corrected chi connectivity index (χ2v) is 16.8. The molecular formula is C58H41N. The van der Waals surface area contributed by atoms with Gasteiger partial charge in [0.15, 0.2) is 0 Å². The second kappa shape index (κ2) is 12.6. The lowest BCUT2D eigenvalue weighted by atomic mass is 9.68. The van der Waals surface area contributed by atoms with Crippen LogP contribution in [0.1, 0.15) is 47.2 Å². The van der Waals surface area contributed by atoms with Gasteiger partial charge in [0.25, 0.3) is 0 Å². The van der Waals surface area contributed by atoms with Gasteiger partial charge in [-0.15, -0.1) is 0 Å². The van der Waals surface area contributed by atoms with Crippen LogP contribution in [0.15, 0.2) is 212 Å². The third-order valence-corrected chi connectivity index (χ3v) is 13.5. The molecule has 12 rings (SSSR count). The van der Waals surface area contributed by atoms with E-state index in [9.17, 15) is 0 Å². The largest absolute Gasteiger partial charge is 0.310 e. The standard InChI is InChI=1S/C58H41N/c1-57(2)50-28-13-9-23-44(50)47-34-32-40(36-53(47)57)59(55-31-16-12-22-42(55)38-18-5-3-6-19-38)41-33-35-48-45-24-10-14-29-51(45)58(54(48)37-41)52-30-15-11-25-46(52)49-27-17-26-43(56(49)58)39-20-7-4-8-21-39/h3-37H,1-2H3. The summed E-state index contributed by atoms with van der Waals surface area (Å²) in [6.07, 6.45) is 0. The van der Waals surface area contributed by atoms with Crippen molar-refractivity contribution in [1.82, 2.24) is 0 Å². The Balaban J connectivity index is 1.16. The van der Waals surface area contributed by atoms with E-state index in [0.29, 0.717) is 0 Å². The number of rotatable bonds is 5. The van der Waals surface area contributed by atoms with Gasteiger partial charge >= 0.3 is 0 Å². The van der Waals surface area contributed by atoms with Crippen LogP contribution in [0.3, 0.4) is 0 Å². The zero-order valence-corrected chi connectivity index (χ0v) is 33.2. The molecule has 0 bridgehead atoms. The van der Waals surface area contributed by atoms with Crippen molar-refractivity contribution >= 4 is 17.1 Å². The third-order valence-electron chi connectivity index (χ3n) is 13.5. The van der Waals surface area contributed by atoms with Crippen LogP contribution in [0.5, 0.6) is 0 Å². The molecule has 1 unspecified atom stereocenters. The topological polar surface area (TPSA) is 3.24 Å². The zero-order valence-electron chi connectivity index (χ0n) is 33.2. The van der Waals surface area contributed by atoms with Crippen LogP contribution in [-0.2, 0) is 10.8 Å². The van der Waals surface area contributed by atoms with Crippen molar-refractivity contribution in [1.29, 1.82) is 0 Å². The van der Waals surface area contributed by atoms with Crippen LogP contribution in [0.2, 0.25) is 0 Å². The highest BCUT2D eigenvalue weighted by Crippen LogP contribution is 2.65. The minimum atomic E-state index is -0.521. The van der Waals surface area contributed by atoms with Crippen LogP contribution in [0.25, 0.3) is 55.6 Å². The van der Waals surface area contributed by atoms with Crippen molar-refractivity contribution < 1.29 is 0 Å². The molecule has 0 saturated carbocycles. The van der Waals surface area contributed by atoms with Gasteiger partial charge < -0.3 is 4.90 Å². The quantitative estimate of drug-likeness (QED) is 0.169. The van der Waals surface area contributed by atoms with Crippen molar-refractivity contribution in [3.05, 3.63) is 246 Å². The summed E-state index contributed by atoms with van der Waals surface area (Å²) in [7, 11) is 0. The zero-order chi connectivity index (χ0) is 39.3. The van der Waals surface area contributed by atoms with Crippen molar-refractivity contribution in [3.63, 3.8) is 0 Å². The Labute approximate surface area is 346 Å². The molecule has 1 nitrogen and oxygen atoms in total. The van der Waals surface area contributed by atoms with Crippen LogP contribution in [0, 0.1) is 0 Å². The first-order valence-electron chi connectivity index (χ1n) is 20.8. The number of fused-ring (bicyclic) bond motifs is 13. The summed E-state index contributed by atoms with van der Waals surface area (Å²) in [4.78, 5) is 2.52. The van der Waals surface area contributed by atoms with E-state index in [2.05, 4.69) is 231 Å². The molecule has 1 spiro atoms. The number of anilines is 3. The van der Waals surface area contributed by atoms with E-state index in [0.717, 1.165) is 17.1 Å². The van der Waals surface area contributed by atoms with Crippen LogP contribution < -0.4 is 4.90 Å². The molecule has 0 heterocycles. The van der Waals surface area contributed by atoms with Gasteiger partial charge in [-0.2, -0.15) is 0 Å². The fourth-order valence-corrected chi connectivity index (χ4v) is 11.0. The predicted molar refractivity (Wildman–Crippen MR) is 246 cm³/mol. The molecule has 0 aromatic heterocycles. The van der Waals surface area contributed by atoms with Gasteiger partial charge in [-0.05, 0) is 114 Å². The molecule has 59 heavy (non-hydrogen) atoms. The fraction of sp³-hybridized carbons (Fsp3) is 0.0690. The molecule has 0 amide bonds. The molecular weight excluding hydrogens is 711 g/mol. The highest BCUT2D eigenvalue weighted by atomic mass is 15.1. The normalized spacial score (nSPS) is 15.8. The summed E-state index contributed by atoms with van der Waals surface area (Å²) < 4.78 is 0. The number of nitrogens with zero attached hydrogens (tertiary/aromatic N) is 1. The van der Waals surface area contributed by atoms with E-state index < -0.39 is 5.41 Å². The third kappa shape index (κ3) is 4.67. The molecule has 3 aliphatic rings. The van der Waals surface area contributed by atoms with Gasteiger partial charge in [0, 0.05) is 22.4 Å². The smallest absolute Gasteiger partial charge is 0.0732 e. The molecule has 0 aliphatic heterocycles. The van der Waals surface area contributed by atoms with E-state index in [-0.39, 0.29) is 5.41 Å². The van der Waals surface area contributed by atoms with Crippen molar-refractivity contribution in [3.8, 4) is 55.6 Å². The molecule has 3 aliphatic carbocycles. The Hall–Kier alpha value is -7.22. The average molecular weight is 752 g/mol. The molecule has 1 atom stereocenters. The lowest BCUT2D eigenvalue weighted by Crippen LogP contribution is -2.27. The molecule has 9 aromatic rings. The number of para-hydroxylation sites is 1. The highest BCUT2D eigenvalue weighted by Gasteiger charge is 2.53. The Morgan fingerprint density at radius 1 is 0.305 bits per heavy atom. The van der Waals surface area contributed by atoms with Crippen LogP contribution in [0.4, 0.5) is 17.1 Å². The molecule has 1 heteroatoms. The Morgan fingerprint density at radius 2 is 0.729 bits per heavy atom. The van der Waals surface area contributed by atoms with Gasteiger partial charge in [0.1, 0.15) is 0 Å². The monoisotopic (exact) mass is 751 g/mol. The first-order chi connectivity index (χ1) is 29.0. The van der Waals surface area contributed by atoms with Crippen molar-refractivity contribution in [2.24, 2.45) is 0 Å². The minimum absolute atomic E-state index is 0.138. The van der Waals surface area contributed by atoms with Gasteiger partial charge in [0.2, 0.25) is 0 Å². The molecule has 9 aromatic carbocycles. The van der Waals surface area contributed by atoms with Crippen molar-refractivity contribution in [2.75, 3.05) is 4.90 Å². The summed E-state index contributed by atoms with van der Waals surface area (Å²) in [6.45, 7) is 4.75. The summed E-state index contributed by atoms with van der Waals surface area (Å²) in [5, 5.41) is 0. The number of hydrogen-bond donors (Lipinski definition) is 0. The fourth-order valence-electron chi connectivity index (χ4n) is 11.0. The lowest BCUT2D eigenvalue weighted by Gasteiger charge is -2.34.